The molecule has 2 atom stereocenters. The molecule has 3 rings (SSSR count). The van der Waals surface area contributed by atoms with Crippen LogP contribution in [0.1, 0.15) is 27.7 Å². The van der Waals surface area contributed by atoms with Crippen LogP contribution in [0.4, 0.5) is 19.3 Å². The molecule has 1 fully saturated rings. The lowest BCUT2D eigenvalue weighted by atomic mass is 10.0. The summed E-state index contributed by atoms with van der Waals surface area (Å²) >= 11 is 0. The fraction of sp³-hybridized carbons (Fsp3) is 0.476. The Labute approximate surface area is 179 Å². The van der Waals surface area contributed by atoms with E-state index in [1.54, 1.807) is 32.6 Å². The van der Waals surface area contributed by atoms with E-state index in [2.05, 4.69) is 5.32 Å². The SMILES string of the molecule is CC1OC(C(=O)Nc2cc(F)cc(F)c2)=C(C=N)N2CCN(C(=O)OC(C)(C)C)CC12. The van der Waals surface area contributed by atoms with E-state index in [9.17, 15) is 18.4 Å². The van der Waals surface area contributed by atoms with Crippen molar-refractivity contribution in [1.82, 2.24) is 9.80 Å². The van der Waals surface area contributed by atoms with Crippen molar-refractivity contribution in [3.05, 3.63) is 41.3 Å². The highest BCUT2D eigenvalue weighted by molar-refractivity contribution is 6.05. The molecule has 0 bridgehead atoms. The highest BCUT2D eigenvalue weighted by Gasteiger charge is 2.42. The number of fused-ring (bicyclic) bond motifs is 1. The Morgan fingerprint density at radius 3 is 2.45 bits per heavy atom. The predicted molar refractivity (Wildman–Crippen MR) is 110 cm³/mol. The first-order valence-electron chi connectivity index (χ1n) is 9.92. The summed E-state index contributed by atoms with van der Waals surface area (Å²) in [6.07, 6.45) is 0.0821. The van der Waals surface area contributed by atoms with Crippen molar-refractivity contribution < 1.29 is 27.8 Å². The Balaban J connectivity index is 1.79. The number of nitrogens with zero attached hydrogens (tertiary/aromatic N) is 2. The third-order valence-corrected chi connectivity index (χ3v) is 4.92. The number of hydrogen-bond acceptors (Lipinski definition) is 6. The van der Waals surface area contributed by atoms with Gasteiger partial charge in [-0.15, -0.1) is 0 Å². The monoisotopic (exact) mass is 436 g/mol. The molecule has 2 unspecified atom stereocenters. The number of carbonyl (C=O) groups is 2. The average Bonchev–Trinajstić information content (AvgIpc) is 2.65. The fourth-order valence-electron chi connectivity index (χ4n) is 3.59. The molecule has 0 radical (unpaired) electrons. The molecule has 0 aliphatic carbocycles. The van der Waals surface area contributed by atoms with E-state index < -0.39 is 35.3 Å². The summed E-state index contributed by atoms with van der Waals surface area (Å²) in [5.41, 5.74) is -0.446. The lowest BCUT2D eigenvalue weighted by Crippen LogP contribution is -2.61. The first kappa shape index (κ1) is 22.5. The molecule has 10 heteroatoms. The van der Waals surface area contributed by atoms with Crippen molar-refractivity contribution in [1.29, 1.82) is 5.41 Å². The summed E-state index contributed by atoms with van der Waals surface area (Å²) in [7, 11) is 0. The van der Waals surface area contributed by atoms with Crippen LogP contribution in [-0.4, -0.2) is 65.4 Å². The summed E-state index contributed by atoms with van der Waals surface area (Å²) in [6, 6.07) is 2.38. The van der Waals surface area contributed by atoms with Gasteiger partial charge in [0.1, 0.15) is 29.0 Å². The number of amides is 2. The molecule has 1 aromatic carbocycles. The van der Waals surface area contributed by atoms with Gasteiger partial charge in [-0.1, -0.05) is 0 Å². The van der Waals surface area contributed by atoms with Gasteiger partial charge < -0.3 is 30.0 Å². The largest absolute Gasteiger partial charge is 0.481 e. The third-order valence-electron chi connectivity index (χ3n) is 4.92. The molecular weight excluding hydrogens is 410 g/mol. The Bertz CT molecular complexity index is 908. The standard InChI is InChI=1S/C21H26F2N4O4/c1-12-17-11-26(20(29)31-21(2,3)4)5-6-27(17)16(10-24)18(30-12)19(28)25-15-8-13(22)7-14(23)9-15/h7-10,12,17,24H,5-6,11H2,1-4H3,(H,25,28). The molecule has 2 amide bonds. The van der Waals surface area contributed by atoms with Crippen LogP contribution in [0.15, 0.2) is 29.7 Å². The maximum absolute atomic E-state index is 13.4. The lowest BCUT2D eigenvalue weighted by molar-refractivity contribution is -0.120. The number of hydrogen-bond donors (Lipinski definition) is 2. The van der Waals surface area contributed by atoms with Crippen molar-refractivity contribution in [2.24, 2.45) is 0 Å². The molecule has 2 aliphatic heterocycles. The molecule has 0 saturated carbocycles. The zero-order valence-corrected chi connectivity index (χ0v) is 17.9. The van der Waals surface area contributed by atoms with E-state index in [4.69, 9.17) is 14.9 Å². The highest BCUT2D eigenvalue weighted by atomic mass is 19.1. The van der Waals surface area contributed by atoms with E-state index in [1.165, 1.54) is 0 Å². The molecule has 31 heavy (non-hydrogen) atoms. The Morgan fingerprint density at radius 1 is 1.23 bits per heavy atom. The van der Waals surface area contributed by atoms with E-state index in [1.807, 2.05) is 4.90 Å². The quantitative estimate of drug-likeness (QED) is 0.710. The van der Waals surface area contributed by atoms with Crippen molar-refractivity contribution in [2.45, 2.75) is 45.4 Å². The molecule has 2 heterocycles. The van der Waals surface area contributed by atoms with Gasteiger partial charge in [0.2, 0.25) is 5.76 Å². The molecular formula is C21H26F2N4O4. The molecule has 2 N–H and O–H groups in total. The van der Waals surface area contributed by atoms with Gasteiger partial charge in [0, 0.05) is 37.6 Å². The average molecular weight is 436 g/mol. The third kappa shape index (κ3) is 5.12. The number of halogens is 2. The normalized spacial score (nSPS) is 21.2. The molecule has 168 valence electrons. The summed E-state index contributed by atoms with van der Waals surface area (Å²) in [5.74, 6) is -2.49. The second-order valence-electron chi connectivity index (χ2n) is 8.48. The zero-order valence-electron chi connectivity index (χ0n) is 17.9. The van der Waals surface area contributed by atoms with Gasteiger partial charge in [-0.3, -0.25) is 4.79 Å². The number of allylic oxidation sites excluding steroid dienone is 1. The van der Waals surface area contributed by atoms with Gasteiger partial charge in [0.25, 0.3) is 5.91 Å². The minimum atomic E-state index is -0.826. The second-order valence-corrected chi connectivity index (χ2v) is 8.48. The minimum absolute atomic E-state index is 0.0625. The number of piperazine rings is 1. The first-order chi connectivity index (χ1) is 14.5. The maximum Gasteiger partial charge on any atom is 0.410 e. The molecule has 1 aromatic rings. The second kappa shape index (κ2) is 8.52. The Hall–Kier alpha value is -3.17. The van der Waals surface area contributed by atoms with Crippen LogP contribution in [0.25, 0.3) is 0 Å². The van der Waals surface area contributed by atoms with Gasteiger partial charge in [-0.25, -0.2) is 13.6 Å². The number of rotatable bonds is 3. The van der Waals surface area contributed by atoms with Crippen LogP contribution in [0.3, 0.4) is 0 Å². The molecule has 1 saturated heterocycles. The van der Waals surface area contributed by atoms with Crippen LogP contribution in [0, 0.1) is 17.0 Å². The van der Waals surface area contributed by atoms with Crippen LogP contribution in [0.2, 0.25) is 0 Å². The summed E-state index contributed by atoms with van der Waals surface area (Å²) in [5, 5.41) is 10.2. The summed E-state index contributed by atoms with van der Waals surface area (Å²) in [6.45, 7) is 8.15. The zero-order chi connectivity index (χ0) is 22.9. The van der Waals surface area contributed by atoms with Crippen LogP contribution in [-0.2, 0) is 14.3 Å². The van der Waals surface area contributed by atoms with Gasteiger partial charge >= 0.3 is 6.09 Å². The van der Waals surface area contributed by atoms with E-state index in [0.717, 1.165) is 18.3 Å². The topological polar surface area (TPSA) is 95.0 Å². The van der Waals surface area contributed by atoms with Crippen LogP contribution in [0.5, 0.6) is 0 Å². The molecule has 0 spiro atoms. The Kier molecular flexibility index (Phi) is 6.19. The van der Waals surface area contributed by atoms with Crippen molar-refractivity contribution in [3.8, 4) is 0 Å². The van der Waals surface area contributed by atoms with E-state index in [-0.39, 0.29) is 23.2 Å². The number of nitrogens with one attached hydrogen (secondary N) is 2. The Morgan fingerprint density at radius 2 is 1.87 bits per heavy atom. The lowest BCUT2D eigenvalue weighted by Gasteiger charge is -2.48. The predicted octanol–water partition coefficient (Wildman–Crippen LogP) is 3.10. The number of anilines is 1. The van der Waals surface area contributed by atoms with Gasteiger partial charge in [-0.2, -0.15) is 0 Å². The number of ether oxygens (including phenoxy) is 2. The molecule has 8 nitrogen and oxygen atoms in total. The van der Waals surface area contributed by atoms with E-state index in [0.29, 0.717) is 25.7 Å². The number of benzene rings is 1. The van der Waals surface area contributed by atoms with Crippen LogP contribution >= 0.6 is 0 Å². The maximum atomic E-state index is 13.4. The van der Waals surface area contributed by atoms with Gasteiger partial charge in [0.05, 0.1) is 6.04 Å². The van der Waals surface area contributed by atoms with Gasteiger partial charge in [0.15, 0.2) is 0 Å². The smallest absolute Gasteiger partial charge is 0.410 e. The van der Waals surface area contributed by atoms with Crippen LogP contribution < -0.4 is 5.32 Å². The van der Waals surface area contributed by atoms with Gasteiger partial charge in [-0.05, 0) is 39.8 Å². The molecule has 2 aliphatic rings. The number of carbonyl (C=O) groups excluding carboxylic acids is 2. The molecule has 0 aromatic heterocycles. The van der Waals surface area contributed by atoms with E-state index >= 15 is 0 Å². The highest BCUT2D eigenvalue weighted by Crippen LogP contribution is 2.30. The van der Waals surface area contributed by atoms with Crippen molar-refractivity contribution >= 4 is 23.9 Å². The first-order valence-corrected chi connectivity index (χ1v) is 9.92. The minimum Gasteiger partial charge on any atom is -0.481 e. The van der Waals surface area contributed by atoms with Crippen molar-refractivity contribution in [3.63, 3.8) is 0 Å². The van der Waals surface area contributed by atoms with Crippen molar-refractivity contribution in [2.75, 3.05) is 25.0 Å². The summed E-state index contributed by atoms with van der Waals surface area (Å²) < 4.78 is 38.1. The fourth-order valence-corrected chi connectivity index (χ4v) is 3.59. The summed E-state index contributed by atoms with van der Waals surface area (Å²) in [4.78, 5) is 28.6.